The lowest BCUT2D eigenvalue weighted by atomic mass is 10.1. The van der Waals surface area contributed by atoms with Crippen molar-refractivity contribution in [2.45, 2.75) is 24.8 Å². The van der Waals surface area contributed by atoms with E-state index in [-0.39, 0.29) is 11.0 Å². The predicted molar refractivity (Wildman–Crippen MR) is 70.4 cm³/mol. The molecule has 6 heteroatoms. The molecule has 2 N–H and O–H groups in total. The Morgan fingerprint density at radius 2 is 2.17 bits per heavy atom. The Labute approximate surface area is 108 Å². The highest BCUT2D eigenvalue weighted by atomic mass is 32.2. The van der Waals surface area contributed by atoms with E-state index < -0.39 is 10.0 Å². The molecule has 0 bridgehead atoms. The molecule has 1 aliphatic heterocycles. The minimum atomic E-state index is -3.41. The van der Waals surface area contributed by atoms with E-state index >= 15 is 0 Å². The standard InChI is InChI=1S/C12H18N2O3S/c1-8(2)12-7-14-10-6-9(18(15,16)13-3)4-5-11(10)17-12/h4-6,8,12-14H,7H2,1-3H3. The minimum absolute atomic E-state index is 0.115. The van der Waals surface area contributed by atoms with Crippen molar-refractivity contribution in [2.75, 3.05) is 18.9 Å². The van der Waals surface area contributed by atoms with Crippen LogP contribution in [0.3, 0.4) is 0 Å². The second-order valence-electron chi connectivity index (χ2n) is 4.65. The minimum Gasteiger partial charge on any atom is -0.486 e. The second-order valence-corrected chi connectivity index (χ2v) is 6.53. The van der Waals surface area contributed by atoms with Gasteiger partial charge in [-0.2, -0.15) is 0 Å². The monoisotopic (exact) mass is 270 g/mol. The molecular weight excluding hydrogens is 252 g/mol. The fraction of sp³-hybridized carbons (Fsp3) is 0.500. The number of fused-ring (bicyclic) bond motifs is 1. The molecule has 0 amide bonds. The number of hydrogen-bond donors (Lipinski definition) is 2. The van der Waals surface area contributed by atoms with Crippen LogP contribution in [0.25, 0.3) is 0 Å². The highest BCUT2D eigenvalue weighted by Crippen LogP contribution is 2.32. The van der Waals surface area contributed by atoms with Crippen LogP contribution in [0.2, 0.25) is 0 Å². The van der Waals surface area contributed by atoms with E-state index in [1.807, 2.05) is 0 Å². The summed E-state index contributed by atoms with van der Waals surface area (Å²) in [6.07, 6.45) is 0.115. The van der Waals surface area contributed by atoms with Crippen molar-refractivity contribution < 1.29 is 13.2 Å². The molecule has 0 saturated carbocycles. The van der Waals surface area contributed by atoms with Gasteiger partial charge >= 0.3 is 0 Å². The molecule has 100 valence electrons. The van der Waals surface area contributed by atoms with Crippen LogP contribution >= 0.6 is 0 Å². The maximum atomic E-state index is 11.7. The Hall–Kier alpha value is -1.27. The van der Waals surface area contributed by atoms with Crippen LogP contribution in [0.15, 0.2) is 23.1 Å². The summed E-state index contributed by atoms with van der Waals surface area (Å²) in [7, 11) is -2.01. The normalized spacial score (nSPS) is 19.0. The largest absolute Gasteiger partial charge is 0.486 e. The van der Waals surface area contributed by atoms with Gasteiger partial charge in [-0.15, -0.1) is 0 Å². The molecule has 1 atom stereocenters. The van der Waals surface area contributed by atoms with Crippen LogP contribution in [0.4, 0.5) is 5.69 Å². The lowest BCUT2D eigenvalue weighted by Gasteiger charge is -2.30. The van der Waals surface area contributed by atoms with Gasteiger partial charge in [-0.25, -0.2) is 13.1 Å². The lowest BCUT2D eigenvalue weighted by Crippen LogP contribution is -2.35. The van der Waals surface area contributed by atoms with E-state index in [0.717, 1.165) is 5.69 Å². The molecule has 0 spiro atoms. The summed E-state index contributed by atoms with van der Waals surface area (Å²) in [4.78, 5) is 0.239. The highest BCUT2D eigenvalue weighted by Gasteiger charge is 2.23. The molecule has 1 unspecified atom stereocenters. The average Bonchev–Trinajstić information content (AvgIpc) is 2.37. The van der Waals surface area contributed by atoms with Crippen LogP contribution in [0.1, 0.15) is 13.8 Å². The van der Waals surface area contributed by atoms with Crippen molar-refractivity contribution in [3.63, 3.8) is 0 Å². The summed E-state index contributed by atoms with van der Waals surface area (Å²) in [5.74, 6) is 1.11. The first-order valence-electron chi connectivity index (χ1n) is 5.92. The Morgan fingerprint density at radius 3 is 2.78 bits per heavy atom. The molecule has 1 aliphatic rings. The van der Waals surface area contributed by atoms with E-state index in [1.165, 1.54) is 7.05 Å². The van der Waals surface area contributed by atoms with Crippen LogP contribution < -0.4 is 14.8 Å². The van der Waals surface area contributed by atoms with Crippen molar-refractivity contribution >= 4 is 15.7 Å². The third-order valence-corrected chi connectivity index (χ3v) is 4.46. The zero-order valence-electron chi connectivity index (χ0n) is 10.7. The SMILES string of the molecule is CNS(=O)(=O)c1ccc2c(c1)NCC(C(C)C)O2. The first-order valence-corrected chi connectivity index (χ1v) is 7.40. The lowest BCUT2D eigenvalue weighted by molar-refractivity contribution is 0.156. The van der Waals surface area contributed by atoms with Crippen molar-refractivity contribution in [1.82, 2.24) is 4.72 Å². The van der Waals surface area contributed by atoms with E-state index in [9.17, 15) is 8.42 Å². The fourth-order valence-electron chi connectivity index (χ4n) is 1.82. The van der Waals surface area contributed by atoms with Gasteiger partial charge in [0, 0.05) is 0 Å². The van der Waals surface area contributed by atoms with E-state index in [4.69, 9.17) is 4.74 Å². The number of ether oxygens (including phenoxy) is 1. The zero-order valence-corrected chi connectivity index (χ0v) is 11.5. The molecule has 5 nitrogen and oxygen atoms in total. The van der Waals surface area contributed by atoms with E-state index in [2.05, 4.69) is 23.9 Å². The van der Waals surface area contributed by atoms with Crippen molar-refractivity contribution in [1.29, 1.82) is 0 Å². The van der Waals surface area contributed by atoms with E-state index in [1.54, 1.807) is 18.2 Å². The molecule has 2 rings (SSSR count). The summed E-state index contributed by atoms with van der Waals surface area (Å²) < 4.78 is 31.5. The fourth-order valence-corrected chi connectivity index (χ4v) is 2.58. The van der Waals surface area contributed by atoms with Crippen LogP contribution in [-0.4, -0.2) is 28.1 Å². The number of sulfonamides is 1. The Bertz CT molecular complexity index is 540. The quantitative estimate of drug-likeness (QED) is 0.872. The van der Waals surface area contributed by atoms with Gasteiger partial charge in [-0.3, -0.25) is 0 Å². The van der Waals surface area contributed by atoms with Gasteiger partial charge in [-0.1, -0.05) is 13.8 Å². The molecule has 1 heterocycles. The number of rotatable bonds is 3. The van der Waals surface area contributed by atoms with E-state index in [0.29, 0.717) is 18.2 Å². The Balaban J connectivity index is 2.31. The van der Waals surface area contributed by atoms with Crippen LogP contribution in [0.5, 0.6) is 5.75 Å². The number of benzene rings is 1. The van der Waals surface area contributed by atoms with Gasteiger partial charge in [0.05, 0.1) is 17.1 Å². The second kappa shape index (κ2) is 4.78. The summed E-state index contributed by atoms with van der Waals surface area (Å²) in [5.41, 5.74) is 0.725. The third kappa shape index (κ3) is 2.44. The third-order valence-electron chi connectivity index (χ3n) is 3.05. The summed E-state index contributed by atoms with van der Waals surface area (Å²) in [6, 6.07) is 4.84. The van der Waals surface area contributed by atoms with Crippen molar-refractivity contribution in [2.24, 2.45) is 5.92 Å². The van der Waals surface area contributed by atoms with Gasteiger partial charge in [0.15, 0.2) is 0 Å². The van der Waals surface area contributed by atoms with Crippen LogP contribution in [0, 0.1) is 5.92 Å². The molecule has 0 saturated heterocycles. The molecule has 1 aromatic rings. The Kier molecular flexibility index (Phi) is 3.49. The molecule has 0 aromatic heterocycles. The molecule has 1 aromatic carbocycles. The van der Waals surface area contributed by atoms with Crippen molar-refractivity contribution in [3.05, 3.63) is 18.2 Å². The smallest absolute Gasteiger partial charge is 0.240 e. The molecule has 0 radical (unpaired) electrons. The molecular formula is C12H18N2O3S. The van der Waals surface area contributed by atoms with Crippen LogP contribution in [-0.2, 0) is 10.0 Å². The van der Waals surface area contributed by atoms with Gasteiger partial charge in [0.2, 0.25) is 10.0 Å². The highest BCUT2D eigenvalue weighted by molar-refractivity contribution is 7.89. The molecule has 0 aliphatic carbocycles. The average molecular weight is 270 g/mol. The zero-order chi connectivity index (χ0) is 13.3. The first-order chi connectivity index (χ1) is 8.44. The topological polar surface area (TPSA) is 67.4 Å². The van der Waals surface area contributed by atoms with Gasteiger partial charge in [0.25, 0.3) is 0 Å². The van der Waals surface area contributed by atoms with Crippen molar-refractivity contribution in [3.8, 4) is 5.75 Å². The number of nitrogens with one attached hydrogen (secondary N) is 2. The number of anilines is 1. The van der Waals surface area contributed by atoms with Gasteiger partial charge < -0.3 is 10.1 Å². The summed E-state index contributed by atoms with van der Waals surface area (Å²) in [6.45, 7) is 4.88. The summed E-state index contributed by atoms with van der Waals surface area (Å²) >= 11 is 0. The first kappa shape index (κ1) is 13.2. The van der Waals surface area contributed by atoms with Gasteiger partial charge in [0.1, 0.15) is 11.9 Å². The predicted octanol–water partition coefficient (Wildman–Crippen LogP) is 1.42. The Morgan fingerprint density at radius 1 is 1.44 bits per heavy atom. The number of hydrogen-bond acceptors (Lipinski definition) is 4. The molecule has 18 heavy (non-hydrogen) atoms. The molecule has 0 fully saturated rings. The van der Waals surface area contributed by atoms with Gasteiger partial charge in [-0.05, 0) is 31.2 Å². The summed E-state index contributed by atoms with van der Waals surface area (Å²) in [5, 5.41) is 3.21. The maximum absolute atomic E-state index is 11.7. The maximum Gasteiger partial charge on any atom is 0.240 e.